The van der Waals surface area contributed by atoms with Crippen LogP contribution in [0.5, 0.6) is 0 Å². The monoisotopic (exact) mass is 422 g/mol. The van der Waals surface area contributed by atoms with Gasteiger partial charge in [0.1, 0.15) is 0 Å². The standard InChI is InChI=1S/Al.Ba.FH.La.Li.Zr.2H/h;;1H;;;;;/q;;;;+1;;;/p-1. The first-order chi connectivity index (χ1) is 0. The molecular weight excluding hydrogens is 420 g/mol. The van der Waals surface area contributed by atoms with Crippen molar-refractivity contribution < 1.29 is 85.4 Å². The maximum atomic E-state index is 0. The van der Waals surface area contributed by atoms with Gasteiger partial charge in [-0.15, -0.1) is 0 Å². The summed E-state index contributed by atoms with van der Waals surface area (Å²) < 4.78 is 0. The van der Waals surface area contributed by atoms with Crippen LogP contribution in [0.15, 0.2) is 0 Å². The van der Waals surface area contributed by atoms with Crippen LogP contribution >= 0.6 is 0 Å². The van der Waals surface area contributed by atoms with Crippen LogP contribution in [-0.2, 0) is 26.2 Å². The summed E-state index contributed by atoms with van der Waals surface area (Å²) in [5, 5.41) is 0. The number of rotatable bonds is 0. The van der Waals surface area contributed by atoms with Gasteiger partial charge >= 0.3 is 67.7 Å². The fraction of sp³-hybridized carbons (Fsp3) is 0. The Morgan fingerprint density at radius 3 is 1.00 bits per heavy atom. The minimum atomic E-state index is 0. The summed E-state index contributed by atoms with van der Waals surface area (Å²) in [6.45, 7) is 0. The molecule has 6 heavy (non-hydrogen) atoms. The summed E-state index contributed by atoms with van der Waals surface area (Å²) in [4.78, 5) is 0. The summed E-state index contributed by atoms with van der Waals surface area (Å²) in [5.74, 6) is 0. The normalized spacial score (nSPS) is 0. The van der Waals surface area contributed by atoms with E-state index < -0.39 is 0 Å². The molecule has 0 aliphatic heterocycles. The Kier molecular flexibility index (Phi) is 252. The molecule has 0 unspecified atom stereocenters. The molecule has 0 aromatic heterocycles. The fourth-order valence-corrected chi connectivity index (χ4v) is 0. The molecule has 0 saturated heterocycles. The molecule has 0 aromatic rings. The molecule has 0 aromatic carbocycles. The van der Waals surface area contributed by atoms with Crippen molar-refractivity contribution in [2.45, 2.75) is 0 Å². The van der Waals surface area contributed by atoms with Crippen molar-refractivity contribution in [2.75, 3.05) is 0 Å². The third kappa shape index (κ3) is 23.3. The summed E-state index contributed by atoms with van der Waals surface area (Å²) >= 11 is 0. The fourth-order valence-electron chi connectivity index (χ4n) is 0. The smallest absolute Gasteiger partial charge is 1.00 e. The maximum absolute atomic E-state index is 0. The van der Waals surface area contributed by atoms with E-state index in [0.717, 1.165) is 0 Å². The van der Waals surface area contributed by atoms with E-state index in [9.17, 15) is 0 Å². The van der Waals surface area contributed by atoms with Gasteiger partial charge in [0.25, 0.3) is 0 Å². The van der Waals surface area contributed by atoms with Crippen LogP contribution in [0.3, 0.4) is 0 Å². The Balaban J connectivity index is 0. The predicted molar refractivity (Wildman–Crippen MR) is 14.3 cm³/mol. The van der Waals surface area contributed by atoms with E-state index in [0.29, 0.717) is 0 Å². The van der Waals surface area contributed by atoms with E-state index in [1.165, 1.54) is 0 Å². The van der Waals surface area contributed by atoms with E-state index in [1.54, 1.807) is 0 Å². The second-order valence-corrected chi connectivity index (χ2v) is 0. The first kappa shape index (κ1) is 45.5. The van der Waals surface area contributed by atoms with Gasteiger partial charge in [-0.2, -0.15) is 0 Å². The molecule has 0 rings (SSSR count). The van der Waals surface area contributed by atoms with Crippen LogP contribution in [0.2, 0.25) is 0 Å². The van der Waals surface area contributed by atoms with Crippen molar-refractivity contribution in [1.29, 1.82) is 0 Å². The van der Waals surface area contributed by atoms with Crippen LogP contribution < -0.4 is 23.6 Å². The minimum Gasteiger partial charge on any atom is -1.00 e. The van der Waals surface area contributed by atoms with Crippen molar-refractivity contribution in [1.82, 2.24) is 0 Å². The Labute approximate surface area is 147 Å². The van der Waals surface area contributed by atoms with Gasteiger partial charge in [0.05, 0.1) is 0 Å². The van der Waals surface area contributed by atoms with Gasteiger partial charge in [-0.3, -0.25) is 0 Å². The quantitative estimate of drug-likeness (QED) is 0.341. The van der Waals surface area contributed by atoms with Gasteiger partial charge in [0, 0.05) is 79.2 Å². The number of halogens is 1. The molecule has 0 N–H and O–H groups in total. The van der Waals surface area contributed by atoms with E-state index in [-0.39, 0.29) is 152 Å². The first-order valence-corrected chi connectivity index (χ1v) is 0. The average molecular weight is 422 g/mol. The van der Waals surface area contributed by atoms with Gasteiger partial charge in [-0.1, -0.05) is 0 Å². The number of hydrogen-bond acceptors (Lipinski definition) is 0. The zero-order chi connectivity index (χ0) is 0. The Morgan fingerprint density at radius 1 is 1.00 bits per heavy atom. The van der Waals surface area contributed by atoms with E-state index in [4.69, 9.17) is 0 Å². The van der Waals surface area contributed by atoms with Gasteiger partial charge < -0.3 is 4.70 Å². The molecule has 0 amide bonds. The van der Waals surface area contributed by atoms with Crippen LogP contribution in [0.4, 0.5) is 0 Å². The minimum absolute atomic E-state index is 0. The molecule has 0 spiro atoms. The molecule has 0 heterocycles. The average Bonchev–Trinajstić information content (AvgIpc) is 0. The third-order valence-electron chi connectivity index (χ3n) is 0. The van der Waals surface area contributed by atoms with Crippen molar-refractivity contribution in [2.24, 2.45) is 0 Å². The SMILES string of the molecule is [Al].[BaH2].[F-].[La].[Li+].[Zr]. The molecule has 6 heteroatoms. The summed E-state index contributed by atoms with van der Waals surface area (Å²) in [5.41, 5.74) is 0. The molecule has 22 valence electrons. The summed E-state index contributed by atoms with van der Waals surface area (Å²) in [6, 6.07) is 0. The van der Waals surface area contributed by atoms with Crippen molar-refractivity contribution >= 4 is 66.2 Å². The van der Waals surface area contributed by atoms with Gasteiger partial charge in [0.15, 0.2) is 0 Å². The molecule has 4 radical (unpaired) electrons. The second-order valence-electron chi connectivity index (χ2n) is 0. The second kappa shape index (κ2) is 33.2. The topological polar surface area (TPSA) is 0 Å². The summed E-state index contributed by atoms with van der Waals surface area (Å²) in [6.07, 6.45) is 0. The zero-order valence-electron chi connectivity index (χ0n) is 3.03. The van der Waals surface area contributed by atoms with Crippen LogP contribution in [-0.4, -0.2) is 66.2 Å². The first-order valence-electron chi connectivity index (χ1n) is 0. The van der Waals surface area contributed by atoms with E-state index >= 15 is 0 Å². The zero-order valence-corrected chi connectivity index (χ0v) is 10.3. The Hall–Kier alpha value is 4.71. The Bertz CT molecular complexity index is 15.5. The van der Waals surface area contributed by atoms with Gasteiger partial charge in [-0.25, -0.2) is 0 Å². The van der Waals surface area contributed by atoms with Crippen LogP contribution in [0.25, 0.3) is 0 Å². The van der Waals surface area contributed by atoms with Crippen molar-refractivity contribution in [3.05, 3.63) is 0 Å². The molecule has 0 saturated carbocycles. The molecule has 0 fully saturated rings. The Morgan fingerprint density at radius 2 is 1.00 bits per heavy atom. The molecule has 0 atom stereocenters. The van der Waals surface area contributed by atoms with Crippen LogP contribution in [0, 0.1) is 35.6 Å². The molecule has 0 aliphatic carbocycles. The van der Waals surface area contributed by atoms with Crippen LogP contribution in [0.1, 0.15) is 0 Å². The molecule has 0 aliphatic rings. The largest absolute Gasteiger partial charge is 1.00 e. The summed E-state index contributed by atoms with van der Waals surface area (Å²) in [7, 11) is 0. The number of hydrogen-bond donors (Lipinski definition) is 0. The van der Waals surface area contributed by atoms with Gasteiger partial charge in [0.2, 0.25) is 0 Å². The predicted octanol–water partition coefficient (Wildman–Crippen LogP) is -7.29. The molecule has 0 nitrogen and oxygen atoms in total. The maximum Gasteiger partial charge on any atom is 1.00 e. The van der Waals surface area contributed by atoms with E-state index in [2.05, 4.69) is 0 Å². The van der Waals surface area contributed by atoms with Gasteiger partial charge in [-0.05, 0) is 0 Å². The molecular formula is H2AlBaFLaLiZr. The van der Waals surface area contributed by atoms with E-state index in [1.807, 2.05) is 0 Å². The third-order valence-corrected chi connectivity index (χ3v) is 0. The van der Waals surface area contributed by atoms with Crippen molar-refractivity contribution in [3.8, 4) is 0 Å². The molecule has 0 bridgehead atoms. The van der Waals surface area contributed by atoms with Crippen molar-refractivity contribution in [3.63, 3.8) is 0 Å².